The Morgan fingerprint density at radius 3 is 2.50 bits per heavy atom. The minimum absolute atomic E-state index is 0.0283. The highest BCUT2D eigenvalue weighted by atomic mass is 35.5. The number of anilines is 4. The van der Waals surface area contributed by atoms with Crippen LogP contribution in [-0.2, 0) is 19.2 Å². The standard InChI is InChI=1S/C45H48ClFN10O7/c1-64-37-25-34-30(42(50-26-49-34)51-27-9-10-32(47)31(46)23-27)24-35(37)52-38(58)7-4-16-54-17-13-28(14-18-54)55-19-21-56(22-20-55)40(60)8-3-15-48-33-6-2-5-29-41(33)45(63)57(44(29)62)36-11-12-39(59)53-43(36)61/h2,4-7,9-10,23-26,28,36,48H,3,8,11-22H2,1H3,(H,52,58)(H,49,50,51)(H,53,59,61)/b7-4+. The van der Waals surface area contributed by atoms with Gasteiger partial charge in [-0.1, -0.05) is 23.7 Å². The Hall–Kier alpha value is -6.50. The van der Waals surface area contributed by atoms with Crippen LogP contribution in [0.4, 0.5) is 27.3 Å². The molecule has 5 heterocycles. The number of ether oxygens (including phenoxy) is 1. The van der Waals surface area contributed by atoms with Gasteiger partial charge in [-0.2, -0.15) is 0 Å². The first-order valence-electron chi connectivity index (χ1n) is 21.3. The van der Waals surface area contributed by atoms with Crippen molar-refractivity contribution < 1.29 is 37.9 Å². The first-order valence-corrected chi connectivity index (χ1v) is 21.7. The van der Waals surface area contributed by atoms with Crippen LogP contribution in [0.1, 0.15) is 59.2 Å². The van der Waals surface area contributed by atoms with Crippen LogP contribution < -0.4 is 26.0 Å². The molecule has 8 rings (SSSR count). The molecule has 1 aromatic heterocycles. The molecule has 3 fully saturated rings. The predicted octanol–water partition coefficient (Wildman–Crippen LogP) is 4.57. The quantitative estimate of drug-likeness (QED) is 0.0781. The van der Waals surface area contributed by atoms with Gasteiger partial charge in [0.05, 0.1) is 34.5 Å². The van der Waals surface area contributed by atoms with Gasteiger partial charge in [0.25, 0.3) is 11.8 Å². The number of nitrogens with one attached hydrogen (secondary N) is 4. The maximum atomic E-state index is 13.7. The zero-order valence-electron chi connectivity index (χ0n) is 35.2. The second kappa shape index (κ2) is 19.5. The molecule has 0 bridgehead atoms. The molecule has 4 N–H and O–H groups in total. The summed E-state index contributed by atoms with van der Waals surface area (Å²) in [6.45, 7) is 5.70. The molecule has 17 nitrogen and oxygen atoms in total. The lowest BCUT2D eigenvalue weighted by atomic mass is 10.0. The zero-order chi connectivity index (χ0) is 44.9. The lowest BCUT2D eigenvalue weighted by Crippen LogP contribution is -2.54. The van der Waals surface area contributed by atoms with Gasteiger partial charge in [0.1, 0.15) is 29.8 Å². The second-order valence-electron chi connectivity index (χ2n) is 16.1. The molecule has 19 heteroatoms. The summed E-state index contributed by atoms with van der Waals surface area (Å²) in [5, 5.41) is 12.1. The molecular formula is C45H48ClFN10O7. The Bertz CT molecular complexity index is 2520. The number of amides is 6. The summed E-state index contributed by atoms with van der Waals surface area (Å²) < 4.78 is 19.3. The number of piperazine rings is 1. The normalized spacial score (nSPS) is 18.7. The van der Waals surface area contributed by atoms with Crippen molar-refractivity contribution in [3.8, 4) is 5.75 Å². The lowest BCUT2D eigenvalue weighted by molar-refractivity contribution is -0.136. The topological polar surface area (TPSA) is 199 Å². The smallest absolute Gasteiger partial charge is 0.264 e. The summed E-state index contributed by atoms with van der Waals surface area (Å²) in [5.74, 6) is -2.13. The molecule has 3 aromatic carbocycles. The number of carbonyl (C=O) groups excluding carboxylic acids is 6. The molecule has 4 aromatic rings. The van der Waals surface area contributed by atoms with Gasteiger partial charge in [0, 0.05) is 87.1 Å². The van der Waals surface area contributed by atoms with Crippen LogP contribution in [0.2, 0.25) is 5.02 Å². The second-order valence-corrected chi connectivity index (χ2v) is 16.5. The van der Waals surface area contributed by atoms with Gasteiger partial charge in [-0.25, -0.2) is 14.4 Å². The molecule has 0 aliphatic carbocycles. The largest absolute Gasteiger partial charge is 0.494 e. The summed E-state index contributed by atoms with van der Waals surface area (Å²) in [4.78, 5) is 93.1. The fourth-order valence-corrected chi connectivity index (χ4v) is 8.91. The van der Waals surface area contributed by atoms with Crippen LogP contribution in [0.5, 0.6) is 5.75 Å². The van der Waals surface area contributed by atoms with Crippen molar-refractivity contribution in [3.05, 3.63) is 89.0 Å². The van der Waals surface area contributed by atoms with Gasteiger partial charge in [0.15, 0.2) is 0 Å². The fourth-order valence-electron chi connectivity index (χ4n) is 8.73. The van der Waals surface area contributed by atoms with Gasteiger partial charge in [-0.3, -0.25) is 48.8 Å². The number of benzene rings is 3. The first-order chi connectivity index (χ1) is 31.0. The molecular weight excluding hydrogens is 847 g/mol. The first kappa shape index (κ1) is 44.1. The number of methoxy groups -OCH3 is 1. The number of hydrogen-bond acceptors (Lipinski definition) is 13. The van der Waals surface area contributed by atoms with E-state index < -0.39 is 35.5 Å². The van der Waals surface area contributed by atoms with Crippen molar-refractivity contribution in [1.29, 1.82) is 0 Å². The van der Waals surface area contributed by atoms with E-state index in [1.807, 2.05) is 11.0 Å². The number of imide groups is 2. The van der Waals surface area contributed by atoms with E-state index in [0.29, 0.717) is 84.6 Å². The molecule has 6 amide bonds. The van der Waals surface area contributed by atoms with E-state index in [1.54, 1.807) is 36.4 Å². The third-order valence-corrected chi connectivity index (χ3v) is 12.4. The molecule has 3 saturated heterocycles. The maximum absolute atomic E-state index is 13.7. The molecule has 4 aliphatic heterocycles. The third-order valence-electron chi connectivity index (χ3n) is 12.1. The summed E-state index contributed by atoms with van der Waals surface area (Å²) in [6, 6.07) is 12.0. The van der Waals surface area contributed by atoms with E-state index in [2.05, 4.69) is 41.0 Å². The van der Waals surface area contributed by atoms with Crippen LogP contribution in [-0.4, -0.2) is 137 Å². The summed E-state index contributed by atoms with van der Waals surface area (Å²) >= 11 is 5.97. The van der Waals surface area contributed by atoms with Gasteiger partial charge < -0.3 is 25.6 Å². The maximum Gasteiger partial charge on any atom is 0.264 e. The van der Waals surface area contributed by atoms with Gasteiger partial charge in [0.2, 0.25) is 23.6 Å². The van der Waals surface area contributed by atoms with Gasteiger partial charge in [-0.05, 0) is 75.2 Å². The molecule has 1 atom stereocenters. The monoisotopic (exact) mass is 894 g/mol. The highest BCUT2D eigenvalue weighted by Gasteiger charge is 2.45. The number of halogens is 2. The number of likely N-dealkylation sites (tertiary alicyclic amines) is 1. The van der Waals surface area contributed by atoms with Crippen molar-refractivity contribution in [2.24, 2.45) is 0 Å². The van der Waals surface area contributed by atoms with Crippen LogP contribution in [0, 0.1) is 5.82 Å². The minimum atomic E-state index is -1.04. The molecule has 0 saturated carbocycles. The molecule has 334 valence electrons. The molecule has 4 aliphatic rings. The molecule has 64 heavy (non-hydrogen) atoms. The Balaban J connectivity index is 0.748. The van der Waals surface area contributed by atoms with Crippen molar-refractivity contribution in [1.82, 2.24) is 34.9 Å². The van der Waals surface area contributed by atoms with E-state index in [-0.39, 0.29) is 40.8 Å². The van der Waals surface area contributed by atoms with E-state index in [1.165, 1.54) is 31.6 Å². The molecule has 0 radical (unpaired) electrons. The number of nitrogens with zero attached hydrogens (tertiary/aromatic N) is 6. The highest BCUT2D eigenvalue weighted by molar-refractivity contribution is 6.31. The average molecular weight is 895 g/mol. The third kappa shape index (κ3) is 9.68. The van der Waals surface area contributed by atoms with Crippen molar-refractivity contribution in [2.45, 2.75) is 50.6 Å². The van der Waals surface area contributed by atoms with E-state index in [9.17, 15) is 33.2 Å². The Morgan fingerprint density at radius 2 is 1.75 bits per heavy atom. The summed E-state index contributed by atoms with van der Waals surface area (Å²) in [7, 11) is 1.51. The number of hydrogen-bond donors (Lipinski definition) is 4. The zero-order valence-corrected chi connectivity index (χ0v) is 36.0. The highest BCUT2D eigenvalue weighted by Crippen LogP contribution is 2.35. The Labute approximate surface area is 373 Å². The Kier molecular flexibility index (Phi) is 13.4. The van der Waals surface area contributed by atoms with Crippen LogP contribution in [0.3, 0.4) is 0 Å². The van der Waals surface area contributed by atoms with E-state index in [4.69, 9.17) is 16.3 Å². The predicted molar refractivity (Wildman–Crippen MR) is 237 cm³/mol. The van der Waals surface area contributed by atoms with Gasteiger partial charge in [-0.15, -0.1) is 0 Å². The van der Waals surface area contributed by atoms with Crippen molar-refractivity contribution in [3.63, 3.8) is 0 Å². The number of piperidine rings is 2. The Morgan fingerprint density at radius 1 is 0.953 bits per heavy atom. The summed E-state index contributed by atoms with van der Waals surface area (Å²) in [5.41, 5.74) is 2.42. The van der Waals surface area contributed by atoms with E-state index >= 15 is 0 Å². The minimum Gasteiger partial charge on any atom is -0.494 e. The number of rotatable bonds is 14. The number of aromatic nitrogens is 2. The van der Waals surface area contributed by atoms with Crippen LogP contribution in [0.15, 0.2) is 67.0 Å². The van der Waals surface area contributed by atoms with Gasteiger partial charge >= 0.3 is 0 Å². The average Bonchev–Trinajstić information content (AvgIpc) is 3.55. The molecule has 0 spiro atoms. The number of carbonyl (C=O) groups is 6. The SMILES string of the molecule is COc1cc2ncnc(Nc3ccc(F)c(Cl)c3)c2cc1NC(=O)/C=C/CN1CCC(N2CCN(C(=O)CCCNc3cccc4c3C(=O)N(C3CCC(=O)NC3=O)C4=O)CC2)CC1. The van der Waals surface area contributed by atoms with E-state index in [0.717, 1.165) is 43.9 Å². The lowest BCUT2D eigenvalue weighted by Gasteiger charge is -2.42. The fraction of sp³-hybridized carbons (Fsp3) is 0.378. The van der Waals surface area contributed by atoms with Crippen LogP contribution >= 0.6 is 11.6 Å². The number of fused-ring (bicyclic) bond motifs is 2. The van der Waals surface area contributed by atoms with Crippen molar-refractivity contribution >= 4 is 80.8 Å². The van der Waals surface area contributed by atoms with Crippen LogP contribution in [0.25, 0.3) is 10.9 Å². The molecule has 1 unspecified atom stereocenters. The van der Waals surface area contributed by atoms with Crippen molar-refractivity contribution in [2.75, 3.05) is 75.4 Å². The summed E-state index contributed by atoms with van der Waals surface area (Å²) in [6.07, 6.45) is 7.72.